The molecule has 0 aromatic rings. The van der Waals surface area contributed by atoms with Gasteiger partial charge in [-0.1, -0.05) is 5.92 Å². The third-order valence-electron chi connectivity index (χ3n) is 1.64. The third kappa shape index (κ3) is 3.07. The summed E-state index contributed by atoms with van der Waals surface area (Å²) >= 11 is 5.36. The molecule has 0 aliphatic rings. The minimum Gasteiger partial charge on any atom is -0.329 e. The van der Waals surface area contributed by atoms with Crippen LogP contribution in [0.15, 0.2) is 0 Å². The van der Waals surface area contributed by atoms with Gasteiger partial charge in [0.2, 0.25) is 6.49 Å². The van der Waals surface area contributed by atoms with Crippen molar-refractivity contribution in [2.24, 2.45) is 0 Å². The molecule has 0 radical (unpaired) electrons. The Morgan fingerprint density at radius 3 is 1.92 bits per heavy atom. The predicted octanol–water partition coefficient (Wildman–Crippen LogP) is 2.78. The maximum Gasteiger partial charge on any atom is 0.206 e. The summed E-state index contributed by atoms with van der Waals surface area (Å²) in [5.41, 5.74) is 0. The summed E-state index contributed by atoms with van der Waals surface area (Å²) in [6.07, 6.45) is 5.40. The first-order chi connectivity index (χ1) is 5.93. The van der Waals surface area contributed by atoms with Crippen molar-refractivity contribution in [1.82, 2.24) is 0 Å². The minimum atomic E-state index is -2.33. The molecule has 4 heteroatoms. The minimum absolute atomic E-state index is 0.492. The molecule has 0 saturated carbocycles. The SMILES string of the molecule is C#CC(C)(C)P(=S)(OCC)OCC. The third-order valence-corrected chi connectivity index (χ3v) is 6.33. The first-order valence-electron chi connectivity index (χ1n) is 4.30. The molecular weight excluding hydrogens is 203 g/mol. The first-order valence-corrected chi connectivity index (χ1v) is 6.94. The summed E-state index contributed by atoms with van der Waals surface area (Å²) in [6.45, 7) is 6.33. The van der Waals surface area contributed by atoms with E-state index in [1.807, 2.05) is 27.7 Å². The lowest BCUT2D eigenvalue weighted by molar-refractivity contribution is 0.256. The van der Waals surface area contributed by atoms with E-state index in [4.69, 9.17) is 27.3 Å². The van der Waals surface area contributed by atoms with Crippen molar-refractivity contribution in [2.45, 2.75) is 32.9 Å². The Kier molecular flexibility index (Phi) is 5.17. The molecule has 0 fully saturated rings. The van der Waals surface area contributed by atoms with Crippen LogP contribution in [0.25, 0.3) is 0 Å². The zero-order valence-electron chi connectivity index (χ0n) is 8.66. The van der Waals surface area contributed by atoms with Crippen LogP contribution in [0.1, 0.15) is 27.7 Å². The average Bonchev–Trinajstić information content (AvgIpc) is 2.05. The fourth-order valence-corrected chi connectivity index (χ4v) is 3.13. The zero-order valence-corrected chi connectivity index (χ0v) is 10.4. The van der Waals surface area contributed by atoms with Crippen LogP contribution in [0, 0.1) is 12.3 Å². The van der Waals surface area contributed by atoms with Gasteiger partial charge in [0.25, 0.3) is 0 Å². The molecule has 76 valence electrons. The quantitative estimate of drug-likeness (QED) is 0.524. The Hall–Kier alpha value is 0.130. The van der Waals surface area contributed by atoms with E-state index in [-0.39, 0.29) is 0 Å². The lowest BCUT2D eigenvalue weighted by Gasteiger charge is -2.32. The molecule has 0 bridgehead atoms. The molecule has 0 aliphatic heterocycles. The molecule has 0 aromatic heterocycles. The number of rotatable bonds is 5. The predicted molar refractivity (Wildman–Crippen MR) is 60.4 cm³/mol. The van der Waals surface area contributed by atoms with E-state index >= 15 is 0 Å². The average molecular weight is 220 g/mol. The lowest BCUT2D eigenvalue weighted by Crippen LogP contribution is -2.20. The van der Waals surface area contributed by atoms with Gasteiger partial charge in [-0.05, 0) is 39.5 Å². The smallest absolute Gasteiger partial charge is 0.206 e. The van der Waals surface area contributed by atoms with Gasteiger partial charge in [-0.15, -0.1) is 6.42 Å². The Labute approximate surface area is 86.2 Å². The summed E-state index contributed by atoms with van der Waals surface area (Å²) in [7, 11) is 0. The second-order valence-electron chi connectivity index (χ2n) is 3.04. The van der Waals surface area contributed by atoms with Crippen molar-refractivity contribution in [3.63, 3.8) is 0 Å². The highest BCUT2D eigenvalue weighted by atomic mass is 32.5. The molecule has 0 heterocycles. The molecular formula is C9H17O2PS. The maximum atomic E-state index is 5.49. The Balaban J connectivity index is 4.80. The molecule has 0 atom stereocenters. The van der Waals surface area contributed by atoms with E-state index in [2.05, 4.69) is 5.92 Å². The fraction of sp³-hybridized carbons (Fsp3) is 0.778. The number of hydrogen-bond acceptors (Lipinski definition) is 3. The largest absolute Gasteiger partial charge is 0.329 e. The monoisotopic (exact) mass is 220 g/mol. The van der Waals surface area contributed by atoms with E-state index in [1.54, 1.807) is 0 Å². The van der Waals surface area contributed by atoms with Crippen molar-refractivity contribution >= 4 is 18.3 Å². The van der Waals surface area contributed by atoms with Crippen molar-refractivity contribution in [2.75, 3.05) is 13.2 Å². The zero-order chi connectivity index (χ0) is 10.5. The number of terminal acetylenes is 1. The topological polar surface area (TPSA) is 18.5 Å². The summed E-state index contributed by atoms with van der Waals surface area (Å²) in [5.74, 6) is 2.65. The van der Waals surface area contributed by atoms with Crippen molar-refractivity contribution in [1.29, 1.82) is 0 Å². The summed E-state index contributed by atoms with van der Waals surface area (Å²) in [4.78, 5) is 0. The molecule has 0 spiro atoms. The fourth-order valence-electron chi connectivity index (χ4n) is 0.779. The van der Waals surface area contributed by atoms with Crippen LogP contribution < -0.4 is 0 Å². The molecule has 0 saturated heterocycles. The maximum absolute atomic E-state index is 5.49. The molecule has 0 rings (SSSR count). The highest BCUT2D eigenvalue weighted by Gasteiger charge is 2.36. The molecule has 0 N–H and O–H groups in total. The van der Waals surface area contributed by atoms with Gasteiger partial charge in [-0.3, -0.25) is 0 Å². The normalized spacial score (nSPS) is 12.5. The number of hydrogen-bond donors (Lipinski definition) is 0. The van der Waals surface area contributed by atoms with E-state index in [9.17, 15) is 0 Å². The molecule has 0 amide bonds. The van der Waals surface area contributed by atoms with Crippen LogP contribution in [0.2, 0.25) is 0 Å². The van der Waals surface area contributed by atoms with Crippen LogP contribution in [0.3, 0.4) is 0 Å². The molecule has 0 unspecified atom stereocenters. The van der Waals surface area contributed by atoms with Crippen LogP contribution in [-0.2, 0) is 20.9 Å². The van der Waals surface area contributed by atoms with Crippen LogP contribution in [0.5, 0.6) is 0 Å². The Morgan fingerprint density at radius 1 is 1.31 bits per heavy atom. The first kappa shape index (κ1) is 13.1. The van der Waals surface area contributed by atoms with Crippen LogP contribution in [-0.4, -0.2) is 18.4 Å². The van der Waals surface area contributed by atoms with Gasteiger partial charge in [-0.25, -0.2) is 0 Å². The van der Waals surface area contributed by atoms with Crippen molar-refractivity contribution in [3.05, 3.63) is 0 Å². The van der Waals surface area contributed by atoms with E-state index in [0.29, 0.717) is 13.2 Å². The lowest BCUT2D eigenvalue weighted by atomic mass is 10.2. The van der Waals surface area contributed by atoms with E-state index in [1.165, 1.54) is 0 Å². The summed E-state index contributed by atoms with van der Waals surface area (Å²) < 4.78 is 11.0. The van der Waals surface area contributed by atoms with Gasteiger partial charge in [0, 0.05) is 0 Å². The molecule has 13 heavy (non-hydrogen) atoms. The highest BCUT2D eigenvalue weighted by molar-refractivity contribution is 8.10. The Morgan fingerprint density at radius 2 is 1.69 bits per heavy atom. The van der Waals surface area contributed by atoms with Crippen LogP contribution in [0.4, 0.5) is 0 Å². The van der Waals surface area contributed by atoms with Gasteiger partial charge >= 0.3 is 0 Å². The highest BCUT2D eigenvalue weighted by Crippen LogP contribution is 2.59. The molecule has 0 aliphatic carbocycles. The van der Waals surface area contributed by atoms with E-state index in [0.717, 1.165) is 0 Å². The van der Waals surface area contributed by atoms with Gasteiger partial charge in [-0.2, -0.15) is 0 Å². The standard InChI is InChI=1S/C9H17O2PS/c1-6-9(4,5)12(13,10-7-2)11-8-3/h1H,7-8H2,2-5H3. The van der Waals surface area contributed by atoms with Gasteiger partial charge in [0.15, 0.2) is 0 Å². The van der Waals surface area contributed by atoms with Crippen LogP contribution >= 0.6 is 6.49 Å². The van der Waals surface area contributed by atoms with Gasteiger partial charge in [0.1, 0.15) is 5.16 Å². The molecule has 2 nitrogen and oxygen atoms in total. The second kappa shape index (κ2) is 5.12. The second-order valence-corrected chi connectivity index (χ2v) is 7.11. The Bertz CT molecular complexity index is 232. The van der Waals surface area contributed by atoms with Gasteiger partial charge < -0.3 is 9.05 Å². The molecule has 0 aromatic carbocycles. The van der Waals surface area contributed by atoms with Gasteiger partial charge in [0.05, 0.1) is 13.2 Å². The van der Waals surface area contributed by atoms with Crippen molar-refractivity contribution in [3.8, 4) is 12.3 Å². The van der Waals surface area contributed by atoms with E-state index < -0.39 is 11.6 Å². The summed E-state index contributed by atoms with van der Waals surface area (Å²) in [6, 6.07) is 0. The summed E-state index contributed by atoms with van der Waals surface area (Å²) in [5, 5.41) is -0.492. The van der Waals surface area contributed by atoms with Crippen molar-refractivity contribution < 1.29 is 9.05 Å².